The third-order valence-electron chi connectivity index (χ3n) is 3.31. The van der Waals surface area contributed by atoms with E-state index in [-0.39, 0.29) is 0 Å². The van der Waals surface area contributed by atoms with Gasteiger partial charge in [0, 0.05) is 39.7 Å². The van der Waals surface area contributed by atoms with Gasteiger partial charge in [-0.15, -0.1) is 0 Å². The van der Waals surface area contributed by atoms with Gasteiger partial charge in [0.1, 0.15) is 0 Å². The van der Waals surface area contributed by atoms with Crippen molar-refractivity contribution in [3.8, 4) is 0 Å². The first-order valence-corrected chi connectivity index (χ1v) is 7.61. The van der Waals surface area contributed by atoms with E-state index in [0.717, 1.165) is 28.1 Å². The number of aromatic nitrogens is 1. The minimum Gasteiger partial charge on any atom is -0.361 e. The van der Waals surface area contributed by atoms with Gasteiger partial charge in [0.2, 0.25) is 0 Å². The maximum absolute atomic E-state index is 5.99. The predicted octanol–water partition coefficient (Wildman–Crippen LogP) is 4.87. The number of benzene rings is 2. The summed E-state index contributed by atoms with van der Waals surface area (Å²) in [6, 6.07) is 14.2. The van der Waals surface area contributed by atoms with Gasteiger partial charge in [-0.1, -0.05) is 39.7 Å². The molecule has 2 nitrogen and oxygen atoms in total. The number of fused-ring (bicyclic) bond motifs is 1. The maximum atomic E-state index is 5.99. The van der Waals surface area contributed by atoms with Crippen molar-refractivity contribution in [1.82, 2.24) is 10.3 Å². The molecule has 102 valence electrons. The zero-order valence-corrected chi connectivity index (χ0v) is 13.1. The lowest BCUT2D eigenvalue weighted by Crippen LogP contribution is -2.13. The zero-order valence-electron chi connectivity index (χ0n) is 10.8. The van der Waals surface area contributed by atoms with Crippen molar-refractivity contribution in [3.05, 3.63) is 69.3 Å². The molecule has 3 rings (SSSR count). The summed E-state index contributed by atoms with van der Waals surface area (Å²) in [6.07, 6.45) is 1.97. The molecule has 0 fully saturated rings. The van der Waals surface area contributed by atoms with Crippen molar-refractivity contribution in [3.63, 3.8) is 0 Å². The molecule has 0 unspecified atom stereocenters. The fourth-order valence-electron chi connectivity index (χ4n) is 2.33. The Morgan fingerprint density at radius 1 is 1.10 bits per heavy atom. The highest BCUT2D eigenvalue weighted by Gasteiger charge is 2.06. The van der Waals surface area contributed by atoms with Crippen LogP contribution >= 0.6 is 27.5 Å². The highest BCUT2D eigenvalue weighted by molar-refractivity contribution is 9.10. The van der Waals surface area contributed by atoms with Crippen LogP contribution in [-0.2, 0) is 13.1 Å². The monoisotopic (exact) mass is 348 g/mol. The Labute approximate surface area is 131 Å². The number of aromatic amines is 1. The minimum atomic E-state index is 0.776. The van der Waals surface area contributed by atoms with Gasteiger partial charge in [0.15, 0.2) is 0 Å². The Morgan fingerprint density at radius 2 is 2.00 bits per heavy atom. The molecule has 1 aromatic heterocycles. The normalized spacial score (nSPS) is 11.1. The van der Waals surface area contributed by atoms with Crippen molar-refractivity contribution >= 4 is 38.4 Å². The SMILES string of the molecule is Clc1cccc(CNCc2c(Br)ccc3[nH]ccc23)c1. The molecule has 0 aliphatic carbocycles. The van der Waals surface area contributed by atoms with Crippen molar-refractivity contribution in [1.29, 1.82) is 0 Å². The standard InChI is InChI=1S/C16H14BrClN2/c17-15-4-5-16-13(6-7-20-16)14(15)10-19-9-11-2-1-3-12(18)8-11/h1-8,19-20H,9-10H2. The molecule has 0 saturated heterocycles. The molecule has 2 aromatic carbocycles. The van der Waals surface area contributed by atoms with Crippen LogP contribution in [0.3, 0.4) is 0 Å². The summed E-state index contributed by atoms with van der Waals surface area (Å²) in [5.41, 5.74) is 3.62. The largest absolute Gasteiger partial charge is 0.361 e. The fraction of sp³-hybridized carbons (Fsp3) is 0.125. The van der Waals surface area contributed by atoms with E-state index in [0.29, 0.717) is 0 Å². The molecular weight excluding hydrogens is 336 g/mol. The molecule has 1 heterocycles. The molecule has 0 radical (unpaired) electrons. The van der Waals surface area contributed by atoms with E-state index in [9.17, 15) is 0 Å². The molecule has 0 aliphatic rings. The smallest absolute Gasteiger partial charge is 0.0457 e. The summed E-state index contributed by atoms with van der Waals surface area (Å²) in [6.45, 7) is 1.61. The number of rotatable bonds is 4. The lowest BCUT2D eigenvalue weighted by atomic mass is 10.1. The average Bonchev–Trinajstić information content (AvgIpc) is 2.90. The Balaban J connectivity index is 1.74. The van der Waals surface area contributed by atoms with Crippen molar-refractivity contribution in [2.24, 2.45) is 0 Å². The van der Waals surface area contributed by atoms with Crippen LogP contribution in [0.4, 0.5) is 0 Å². The first-order valence-electron chi connectivity index (χ1n) is 6.43. The molecular formula is C16H14BrClN2. The number of H-pyrrole nitrogens is 1. The quantitative estimate of drug-likeness (QED) is 0.690. The van der Waals surface area contributed by atoms with Crippen LogP contribution in [0.2, 0.25) is 5.02 Å². The van der Waals surface area contributed by atoms with Crippen LogP contribution in [0.1, 0.15) is 11.1 Å². The molecule has 0 atom stereocenters. The van der Waals surface area contributed by atoms with Gasteiger partial charge in [-0.25, -0.2) is 0 Å². The Morgan fingerprint density at radius 3 is 2.85 bits per heavy atom. The van der Waals surface area contributed by atoms with Gasteiger partial charge in [-0.05, 0) is 41.5 Å². The second kappa shape index (κ2) is 6.00. The fourth-order valence-corrected chi connectivity index (χ4v) is 3.03. The third-order valence-corrected chi connectivity index (χ3v) is 4.29. The van der Waals surface area contributed by atoms with E-state index in [2.05, 4.69) is 50.5 Å². The summed E-state index contributed by atoms with van der Waals surface area (Å²) in [5, 5.41) is 5.49. The molecule has 0 spiro atoms. The highest BCUT2D eigenvalue weighted by atomic mass is 79.9. The van der Waals surface area contributed by atoms with Crippen molar-refractivity contribution in [2.75, 3.05) is 0 Å². The van der Waals surface area contributed by atoms with E-state index in [1.54, 1.807) is 0 Å². The van der Waals surface area contributed by atoms with E-state index in [4.69, 9.17) is 11.6 Å². The second-order valence-electron chi connectivity index (χ2n) is 4.70. The topological polar surface area (TPSA) is 27.8 Å². The maximum Gasteiger partial charge on any atom is 0.0457 e. The lowest BCUT2D eigenvalue weighted by molar-refractivity contribution is 0.695. The number of hydrogen-bond donors (Lipinski definition) is 2. The summed E-state index contributed by atoms with van der Waals surface area (Å²) in [5.74, 6) is 0. The van der Waals surface area contributed by atoms with Gasteiger partial charge in [0.05, 0.1) is 0 Å². The van der Waals surface area contributed by atoms with E-state index >= 15 is 0 Å². The van der Waals surface area contributed by atoms with Crippen LogP contribution in [0.15, 0.2) is 53.1 Å². The molecule has 0 bridgehead atoms. The van der Waals surface area contributed by atoms with Gasteiger partial charge in [-0.2, -0.15) is 0 Å². The number of nitrogens with one attached hydrogen (secondary N) is 2. The molecule has 0 amide bonds. The molecule has 0 aliphatic heterocycles. The predicted molar refractivity (Wildman–Crippen MR) is 88.0 cm³/mol. The van der Waals surface area contributed by atoms with Gasteiger partial charge in [0.25, 0.3) is 0 Å². The summed E-state index contributed by atoms with van der Waals surface area (Å²) in [4.78, 5) is 3.24. The molecule has 2 N–H and O–H groups in total. The Hall–Kier alpha value is -1.29. The summed E-state index contributed by atoms with van der Waals surface area (Å²) in [7, 11) is 0. The van der Waals surface area contributed by atoms with Crippen LogP contribution in [0.25, 0.3) is 10.9 Å². The van der Waals surface area contributed by atoms with Gasteiger partial charge < -0.3 is 10.3 Å². The highest BCUT2D eigenvalue weighted by Crippen LogP contribution is 2.25. The van der Waals surface area contributed by atoms with E-state index < -0.39 is 0 Å². The number of halogens is 2. The zero-order chi connectivity index (χ0) is 13.9. The van der Waals surface area contributed by atoms with Crippen LogP contribution in [0, 0.1) is 0 Å². The Kier molecular flexibility index (Phi) is 4.10. The van der Waals surface area contributed by atoms with Crippen molar-refractivity contribution < 1.29 is 0 Å². The lowest BCUT2D eigenvalue weighted by Gasteiger charge is -2.09. The minimum absolute atomic E-state index is 0.776. The molecule has 4 heteroatoms. The van der Waals surface area contributed by atoms with Crippen LogP contribution in [0.5, 0.6) is 0 Å². The third kappa shape index (κ3) is 2.90. The Bertz CT molecular complexity index is 736. The molecule has 3 aromatic rings. The number of hydrogen-bond acceptors (Lipinski definition) is 1. The average molecular weight is 350 g/mol. The van der Waals surface area contributed by atoms with Crippen LogP contribution in [-0.4, -0.2) is 4.98 Å². The van der Waals surface area contributed by atoms with E-state index in [1.807, 2.05) is 24.4 Å². The summed E-state index contributed by atoms with van der Waals surface area (Å²) < 4.78 is 1.13. The van der Waals surface area contributed by atoms with Gasteiger partial charge >= 0.3 is 0 Å². The second-order valence-corrected chi connectivity index (χ2v) is 5.99. The first-order chi connectivity index (χ1) is 9.74. The van der Waals surface area contributed by atoms with E-state index in [1.165, 1.54) is 16.5 Å². The summed E-state index contributed by atoms with van der Waals surface area (Å²) >= 11 is 9.62. The molecule has 20 heavy (non-hydrogen) atoms. The van der Waals surface area contributed by atoms with Crippen molar-refractivity contribution in [2.45, 2.75) is 13.1 Å². The first kappa shape index (κ1) is 13.7. The molecule has 0 saturated carbocycles. The van der Waals surface area contributed by atoms with Gasteiger partial charge in [-0.3, -0.25) is 0 Å². The van der Waals surface area contributed by atoms with Crippen LogP contribution < -0.4 is 5.32 Å².